The van der Waals surface area contributed by atoms with Crippen LogP contribution in [-0.4, -0.2) is 6.61 Å². The molecule has 0 atom stereocenters. The van der Waals surface area contributed by atoms with E-state index in [1.165, 1.54) is 0 Å². The number of alkyl halides is 2. The molecule has 3 rings (SSSR count). The average Bonchev–Trinajstić information content (AvgIpc) is 2.76. The first-order chi connectivity index (χ1) is 16.1. The Bertz CT molecular complexity index is 1180. The third kappa shape index (κ3) is 6.01. The second-order valence-electron chi connectivity index (χ2n) is 7.11. The predicted octanol–water partition coefficient (Wildman–Crippen LogP) is 7.09. The van der Waals surface area contributed by atoms with Crippen LogP contribution in [0.15, 0.2) is 48.5 Å². The summed E-state index contributed by atoms with van der Waals surface area (Å²) in [6, 6.07) is 7.97. The average molecular weight is 482 g/mol. The van der Waals surface area contributed by atoms with E-state index in [4.69, 9.17) is 4.74 Å². The molecule has 3 aromatic carbocycles. The zero-order valence-corrected chi connectivity index (χ0v) is 17.7. The van der Waals surface area contributed by atoms with Crippen molar-refractivity contribution in [3.05, 3.63) is 94.3 Å². The van der Waals surface area contributed by atoms with Crippen LogP contribution in [0.25, 0.3) is 0 Å². The molecule has 0 fully saturated rings. The Hall–Kier alpha value is -3.67. The van der Waals surface area contributed by atoms with Gasteiger partial charge in [-0.2, -0.15) is 8.78 Å². The normalized spacial score (nSPS) is 11.1. The minimum Gasteiger partial charge on any atom is -0.494 e. The smallest absolute Gasteiger partial charge is 0.432 e. The number of hydrogen-bond acceptors (Lipinski definition) is 2. The van der Waals surface area contributed by atoms with Gasteiger partial charge in [0.05, 0.1) is 6.61 Å². The first kappa shape index (κ1) is 25.0. The van der Waals surface area contributed by atoms with Gasteiger partial charge in [-0.3, -0.25) is 0 Å². The molecule has 0 saturated heterocycles. The van der Waals surface area contributed by atoms with E-state index in [0.29, 0.717) is 30.1 Å². The Kier molecular flexibility index (Phi) is 7.72. The van der Waals surface area contributed by atoms with Gasteiger partial charge >= 0.3 is 6.11 Å². The van der Waals surface area contributed by atoms with Crippen molar-refractivity contribution in [3.63, 3.8) is 0 Å². The maximum absolute atomic E-state index is 14.4. The van der Waals surface area contributed by atoms with Gasteiger partial charge in [0.25, 0.3) is 0 Å². The molecular formula is C25H17F7O2. The second-order valence-corrected chi connectivity index (χ2v) is 7.11. The highest BCUT2D eigenvalue weighted by Crippen LogP contribution is 2.36. The van der Waals surface area contributed by atoms with Crippen molar-refractivity contribution in [2.75, 3.05) is 6.61 Å². The first-order valence-electron chi connectivity index (χ1n) is 10.1. The summed E-state index contributed by atoms with van der Waals surface area (Å²) in [6.07, 6.45) is -2.78. The van der Waals surface area contributed by atoms with Gasteiger partial charge in [-0.25, -0.2) is 22.0 Å². The maximum atomic E-state index is 14.4. The van der Waals surface area contributed by atoms with E-state index in [2.05, 4.69) is 16.6 Å². The van der Waals surface area contributed by atoms with Crippen molar-refractivity contribution in [3.8, 4) is 23.3 Å². The zero-order chi connectivity index (χ0) is 24.9. The maximum Gasteiger partial charge on any atom is 0.432 e. The minimum atomic E-state index is -4.66. The minimum absolute atomic E-state index is 0.127. The molecule has 2 nitrogen and oxygen atoms in total. The highest BCUT2D eigenvalue weighted by molar-refractivity contribution is 5.46. The summed E-state index contributed by atoms with van der Waals surface area (Å²) in [5.74, 6) is -4.33. The number of halogens is 7. The Morgan fingerprint density at radius 1 is 0.735 bits per heavy atom. The summed E-state index contributed by atoms with van der Waals surface area (Å²) in [5, 5.41) is 0. The fourth-order valence-corrected chi connectivity index (χ4v) is 2.83. The molecule has 34 heavy (non-hydrogen) atoms. The topological polar surface area (TPSA) is 18.5 Å². The molecule has 9 heteroatoms. The highest BCUT2D eigenvalue weighted by atomic mass is 19.3. The predicted molar refractivity (Wildman–Crippen MR) is 110 cm³/mol. The van der Waals surface area contributed by atoms with Crippen molar-refractivity contribution in [1.29, 1.82) is 0 Å². The molecule has 0 amide bonds. The number of ether oxygens (including phenoxy) is 2. The van der Waals surface area contributed by atoms with Gasteiger partial charge in [-0.1, -0.05) is 25.2 Å². The van der Waals surface area contributed by atoms with Crippen LogP contribution >= 0.6 is 0 Å². The summed E-state index contributed by atoms with van der Waals surface area (Å²) in [6.45, 7) is 2.59. The van der Waals surface area contributed by atoms with E-state index in [9.17, 15) is 30.7 Å². The van der Waals surface area contributed by atoms with E-state index in [-0.39, 0.29) is 17.7 Å². The largest absolute Gasteiger partial charge is 0.494 e. The van der Waals surface area contributed by atoms with Crippen LogP contribution < -0.4 is 9.47 Å². The molecule has 0 spiro atoms. The lowest BCUT2D eigenvalue weighted by atomic mass is 10.1. The Morgan fingerprint density at radius 2 is 1.29 bits per heavy atom. The van der Waals surface area contributed by atoms with Crippen LogP contribution in [0, 0.1) is 40.9 Å². The van der Waals surface area contributed by atoms with Crippen molar-refractivity contribution in [2.45, 2.75) is 25.9 Å². The van der Waals surface area contributed by atoms with Crippen molar-refractivity contribution in [1.82, 2.24) is 0 Å². The van der Waals surface area contributed by atoms with Gasteiger partial charge in [0.2, 0.25) is 0 Å². The fourth-order valence-electron chi connectivity index (χ4n) is 2.83. The fraction of sp³-hybridized carbons (Fsp3) is 0.200. The van der Waals surface area contributed by atoms with E-state index in [0.717, 1.165) is 12.8 Å². The zero-order valence-electron chi connectivity index (χ0n) is 17.7. The van der Waals surface area contributed by atoms with Gasteiger partial charge in [0, 0.05) is 23.3 Å². The summed E-state index contributed by atoms with van der Waals surface area (Å²) in [5.41, 5.74) is -1.55. The van der Waals surface area contributed by atoms with Gasteiger partial charge in [-0.15, -0.1) is 0 Å². The monoisotopic (exact) mass is 482 g/mol. The molecule has 178 valence electrons. The SMILES string of the molecule is CCCCOc1ccc(C#Cc2cc(F)c(C(F)(F)Oc3cc(F)c(F)c(F)c3)c(F)c2)cc1. The number of benzene rings is 3. The quantitative estimate of drug-likeness (QED) is 0.155. The number of unbranched alkanes of at least 4 members (excludes halogenated alkanes) is 1. The van der Waals surface area contributed by atoms with Crippen LogP contribution in [0.4, 0.5) is 30.7 Å². The van der Waals surface area contributed by atoms with Crippen LogP contribution in [0.5, 0.6) is 11.5 Å². The molecule has 0 unspecified atom stereocenters. The Morgan fingerprint density at radius 3 is 1.85 bits per heavy atom. The molecule has 0 aliphatic carbocycles. The van der Waals surface area contributed by atoms with E-state index < -0.39 is 46.5 Å². The summed E-state index contributed by atoms with van der Waals surface area (Å²) >= 11 is 0. The van der Waals surface area contributed by atoms with Crippen LogP contribution in [0.3, 0.4) is 0 Å². The Labute approximate surface area is 190 Å². The summed E-state index contributed by atoms with van der Waals surface area (Å²) < 4.78 is 107. The van der Waals surface area contributed by atoms with E-state index in [1.807, 2.05) is 6.92 Å². The second kappa shape index (κ2) is 10.5. The molecule has 0 saturated carbocycles. The lowest BCUT2D eigenvalue weighted by Crippen LogP contribution is -2.25. The summed E-state index contributed by atoms with van der Waals surface area (Å²) in [4.78, 5) is 0. The number of hydrogen-bond donors (Lipinski definition) is 0. The third-order valence-electron chi connectivity index (χ3n) is 4.51. The summed E-state index contributed by atoms with van der Waals surface area (Å²) in [7, 11) is 0. The molecule has 0 heterocycles. The van der Waals surface area contributed by atoms with Gasteiger partial charge in [0.15, 0.2) is 17.5 Å². The molecule has 0 aromatic heterocycles. The van der Waals surface area contributed by atoms with Crippen LogP contribution in [-0.2, 0) is 6.11 Å². The molecule has 3 aromatic rings. The molecule has 0 aliphatic rings. The van der Waals surface area contributed by atoms with E-state index in [1.54, 1.807) is 24.3 Å². The first-order valence-corrected chi connectivity index (χ1v) is 10.1. The van der Waals surface area contributed by atoms with Gasteiger partial charge in [0.1, 0.15) is 28.7 Å². The standard InChI is InChI=1S/C25H17F7O2/c1-2-3-10-33-17-8-6-15(7-9-17)4-5-16-11-19(26)23(20(27)12-16)25(31,32)34-18-13-21(28)24(30)22(29)14-18/h6-9,11-14H,2-3,10H2,1H3. The highest BCUT2D eigenvalue weighted by Gasteiger charge is 2.41. The van der Waals surface area contributed by atoms with Gasteiger partial charge in [-0.05, 0) is 42.8 Å². The Balaban J connectivity index is 1.80. The molecular weight excluding hydrogens is 465 g/mol. The molecule has 0 N–H and O–H groups in total. The van der Waals surface area contributed by atoms with E-state index >= 15 is 0 Å². The van der Waals surface area contributed by atoms with Crippen molar-refractivity contribution in [2.24, 2.45) is 0 Å². The van der Waals surface area contributed by atoms with Crippen molar-refractivity contribution < 1.29 is 40.2 Å². The number of rotatable bonds is 7. The third-order valence-corrected chi connectivity index (χ3v) is 4.51. The molecule has 0 bridgehead atoms. The molecule has 0 aliphatic heterocycles. The van der Waals surface area contributed by atoms with Crippen molar-refractivity contribution >= 4 is 0 Å². The lowest BCUT2D eigenvalue weighted by molar-refractivity contribution is -0.189. The lowest BCUT2D eigenvalue weighted by Gasteiger charge is -2.19. The molecule has 0 radical (unpaired) electrons. The van der Waals surface area contributed by atoms with Gasteiger partial charge < -0.3 is 9.47 Å². The van der Waals surface area contributed by atoms with Crippen LogP contribution in [0.1, 0.15) is 36.5 Å². The van der Waals surface area contributed by atoms with Crippen LogP contribution in [0.2, 0.25) is 0 Å².